The molecule has 32 heavy (non-hydrogen) atoms. The number of benzene rings is 3. The summed E-state index contributed by atoms with van der Waals surface area (Å²) >= 11 is 12.6. The van der Waals surface area contributed by atoms with Crippen molar-refractivity contribution in [3.63, 3.8) is 0 Å². The first kappa shape index (κ1) is 20.8. The van der Waals surface area contributed by atoms with E-state index in [9.17, 15) is 4.79 Å². The van der Waals surface area contributed by atoms with Crippen LogP contribution in [0.3, 0.4) is 0 Å². The van der Waals surface area contributed by atoms with Crippen LogP contribution in [0.25, 0.3) is 22.0 Å². The van der Waals surface area contributed by atoms with Gasteiger partial charge in [-0.2, -0.15) is 0 Å². The Labute approximate surface area is 193 Å². The number of nitrogens with zero attached hydrogens (tertiary/aromatic N) is 2. The number of fused-ring (bicyclic) bond motifs is 2. The van der Waals surface area contributed by atoms with E-state index < -0.39 is 11.7 Å². The lowest BCUT2D eigenvalue weighted by Gasteiger charge is -2.21. The maximum Gasteiger partial charge on any atom is 0.336 e. The minimum absolute atomic E-state index is 0.211. The molecule has 2 aromatic heterocycles. The van der Waals surface area contributed by atoms with Crippen molar-refractivity contribution >= 4 is 45.2 Å². The third kappa shape index (κ3) is 4.15. The Kier molecular flexibility index (Phi) is 5.70. The molecule has 0 amide bonds. The lowest BCUT2D eigenvalue weighted by molar-refractivity contribution is 0.0292. The molecule has 0 radical (unpaired) electrons. The van der Waals surface area contributed by atoms with Gasteiger partial charge in [0.15, 0.2) is 0 Å². The summed E-state index contributed by atoms with van der Waals surface area (Å²) in [6.45, 7) is 0.698. The number of aromatic nitrogens is 2. The molecule has 2 heterocycles. The smallest absolute Gasteiger partial charge is 0.336 e. The fraction of sp³-hybridized carbons (Fsp3) is 0.120. The van der Waals surface area contributed by atoms with Crippen LogP contribution >= 0.6 is 23.2 Å². The molecule has 0 saturated carbocycles. The molecule has 5 rings (SSSR count). The van der Waals surface area contributed by atoms with Crippen LogP contribution in [0.4, 0.5) is 0 Å². The number of hydrogen-bond donors (Lipinski definition) is 0. The van der Waals surface area contributed by atoms with Gasteiger partial charge in [0, 0.05) is 27.1 Å². The van der Waals surface area contributed by atoms with Crippen molar-refractivity contribution in [3.8, 4) is 0 Å². The molecule has 0 aliphatic rings. The van der Waals surface area contributed by atoms with Crippen LogP contribution in [0.2, 0.25) is 10.0 Å². The fourth-order valence-electron chi connectivity index (χ4n) is 3.83. The van der Waals surface area contributed by atoms with Crippen LogP contribution in [-0.2, 0) is 17.9 Å². The highest BCUT2D eigenvalue weighted by molar-refractivity contribution is 6.35. The molecule has 0 aliphatic heterocycles. The van der Waals surface area contributed by atoms with Crippen LogP contribution in [0.5, 0.6) is 0 Å². The highest BCUT2D eigenvalue weighted by Gasteiger charge is 2.19. The molecule has 160 valence electrons. The van der Waals surface area contributed by atoms with Crippen LogP contribution in [0.15, 0.2) is 88.3 Å². The van der Waals surface area contributed by atoms with Crippen molar-refractivity contribution in [2.24, 2.45) is 0 Å². The largest absolute Gasteiger partial charge is 0.423 e. The van der Waals surface area contributed by atoms with E-state index in [0.29, 0.717) is 22.2 Å². The number of rotatable bonds is 6. The zero-order chi connectivity index (χ0) is 22.1. The summed E-state index contributed by atoms with van der Waals surface area (Å²) in [6.07, 6.45) is 1.39. The summed E-state index contributed by atoms with van der Waals surface area (Å²) in [7, 11) is 0. The lowest BCUT2D eigenvalue weighted by Crippen LogP contribution is -2.14. The maximum absolute atomic E-state index is 12.0. The average Bonchev–Trinajstić information content (AvgIpc) is 3.19. The Morgan fingerprint density at radius 3 is 2.69 bits per heavy atom. The maximum atomic E-state index is 12.0. The third-order valence-corrected chi connectivity index (χ3v) is 5.94. The van der Waals surface area contributed by atoms with E-state index >= 15 is 0 Å². The number of halogens is 2. The number of para-hydroxylation sites is 3. The summed E-state index contributed by atoms with van der Waals surface area (Å²) < 4.78 is 13.7. The molecule has 7 heteroatoms. The second kappa shape index (κ2) is 8.79. The summed E-state index contributed by atoms with van der Waals surface area (Å²) in [6, 6.07) is 22.1. The first-order valence-corrected chi connectivity index (χ1v) is 10.8. The van der Waals surface area contributed by atoms with Gasteiger partial charge in [0.2, 0.25) is 0 Å². The van der Waals surface area contributed by atoms with Crippen LogP contribution in [0.1, 0.15) is 17.2 Å². The SMILES string of the molecule is O=c1cc(COC(Cn2cnc3ccccc32)c2ccc(Cl)cc2Cl)c2ccccc2o1. The Bertz CT molecular complexity index is 1480. The normalized spacial score (nSPS) is 12.4. The zero-order valence-electron chi connectivity index (χ0n) is 16.9. The molecule has 1 unspecified atom stereocenters. The minimum atomic E-state index is -0.413. The van der Waals surface area contributed by atoms with Crippen molar-refractivity contribution in [1.82, 2.24) is 9.55 Å². The summed E-state index contributed by atoms with van der Waals surface area (Å²) in [5, 5.41) is 1.91. The van der Waals surface area contributed by atoms with Gasteiger partial charge in [0.05, 0.1) is 30.5 Å². The van der Waals surface area contributed by atoms with Crippen LogP contribution < -0.4 is 5.63 Å². The highest BCUT2D eigenvalue weighted by Crippen LogP contribution is 2.32. The second-order valence-corrected chi connectivity index (χ2v) is 8.28. The fourth-order valence-corrected chi connectivity index (χ4v) is 4.36. The summed E-state index contributed by atoms with van der Waals surface area (Å²) in [4.78, 5) is 16.5. The molecule has 0 bridgehead atoms. The Morgan fingerprint density at radius 1 is 1.00 bits per heavy atom. The first-order valence-electron chi connectivity index (χ1n) is 10.1. The average molecular weight is 465 g/mol. The predicted octanol–water partition coefficient (Wildman–Crippen LogP) is 6.41. The molecule has 5 aromatic rings. The van der Waals surface area contributed by atoms with Gasteiger partial charge < -0.3 is 13.7 Å². The molecule has 5 nitrogen and oxygen atoms in total. The van der Waals surface area contributed by atoms with Gasteiger partial charge in [-0.25, -0.2) is 9.78 Å². The van der Waals surface area contributed by atoms with Crippen LogP contribution in [-0.4, -0.2) is 9.55 Å². The van der Waals surface area contributed by atoms with Gasteiger partial charge >= 0.3 is 5.63 Å². The molecule has 0 N–H and O–H groups in total. The number of imidazole rings is 1. The van der Waals surface area contributed by atoms with Crippen molar-refractivity contribution in [2.45, 2.75) is 19.3 Å². The summed E-state index contributed by atoms with van der Waals surface area (Å²) in [5.74, 6) is 0. The molecule has 0 aliphatic carbocycles. The predicted molar refractivity (Wildman–Crippen MR) is 126 cm³/mol. The monoisotopic (exact) mass is 464 g/mol. The molecular weight excluding hydrogens is 447 g/mol. The standard InChI is InChI=1S/C25H18Cl2N2O3/c26-17-9-10-19(20(27)12-17)24(13-29-15-28-21-6-2-3-7-22(21)29)31-14-16-11-25(30)32-23-8-4-1-5-18(16)23/h1-12,15,24H,13-14H2. The Hall–Kier alpha value is -3.12. The molecule has 0 fully saturated rings. The van der Waals surface area contributed by atoms with Gasteiger partial charge in [-0.15, -0.1) is 0 Å². The van der Waals surface area contributed by atoms with E-state index in [4.69, 9.17) is 32.4 Å². The van der Waals surface area contributed by atoms with Crippen molar-refractivity contribution in [3.05, 3.63) is 111 Å². The van der Waals surface area contributed by atoms with E-state index in [1.54, 1.807) is 24.5 Å². The van der Waals surface area contributed by atoms with Gasteiger partial charge in [-0.3, -0.25) is 0 Å². The van der Waals surface area contributed by atoms with Gasteiger partial charge in [0.25, 0.3) is 0 Å². The highest BCUT2D eigenvalue weighted by atomic mass is 35.5. The van der Waals surface area contributed by atoms with Crippen LogP contribution in [0, 0.1) is 0 Å². The molecule has 0 spiro atoms. The quantitative estimate of drug-likeness (QED) is 0.272. The first-order chi connectivity index (χ1) is 15.6. The topological polar surface area (TPSA) is 57.3 Å². The summed E-state index contributed by atoms with van der Waals surface area (Å²) in [5.41, 5.74) is 3.57. The van der Waals surface area contributed by atoms with Crippen molar-refractivity contribution in [1.29, 1.82) is 0 Å². The van der Waals surface area contributed by atoms with E-state index in [-0.39, 0.29) is 6.61 Å². The third-order valence-electron chi connectivity index (χ3n) is 5.37. The van der Waals surface area contributed by atoms with Crippen molar-refractivity contribution < 1.29 is 9.15 Å². The lowest BCUT2D eigenvalue weighted by atomic mass is 10.1. The Balaban J connectivity index is 1.51. The van der Waals surface area contributed by atoms with Gasteiger partial charge in [-0.1, -0.05) is 59.6 Å². The minimum Gasteiger partial charge on any atom is -0.423 e. The number of ether oxygens (including phenoxy) is 1. The van der Waals surface area contributed by atoms with E-state index in [1.807, 2.05) is 53.1 Å². The molecular formula is C25H18Cl2N2O3. The van der Waals surface area contributed by atoms with E-state index in [0.717, 1.165) is 27.5 Å². The van der Waals surface area contributed by atoms with E-state index in [2.05, 4.69) is 4.98 Å². The zero-order valence-corrected chi connectivity index (χ0v) is 18.4. The molecule has 0 saturated heterocycles. The number of hydrogen-bond acceptors (Lipinski definition) is 4. The van der Waals surface area contributed by atoms with Gasteiger partial charge in [-0.05, 0) is 35.9 Å². The molecule has 1 atom stereocenters. The van der Waals surface area contributed by atoms with E-state index in [1.165, 1.54) is 6.07 Å². The molecule has 3 aromatic carbocycles. The van der Waals surface area contributed by atoms with Gasteiger partial charge in [0.1, 0.15) is 11.7 Å². The Morgan fingerprint density at radius 2 is 1.81 bits per heavy atom. The second-order valence-electron chi connectivity index (χ2n) is 7.44. The van der Waals surface area contributed by atoms with Crippen molar-refractivity contribution in [2.75, 3.05) is 0 Å².